The van der Waals surface area contributed by atoms with Crippen molar-refractivity contribution in [3.8, 4) is 0 Å². The molecule has 0 aromatic heterocycles. The highest BCUT2D eigenvalue weighted by Crippen LogP contribution is 2.37. The first-order valence-corrected chi connectivity index (χ1v) is 10.8. The Morgan fingerprint density at radius 3 is 2.23 bits per heavy atom. The van der Waals surface area contributed by atoms with Gasteiger partial charge < -0.3 is 10.6 Å². The molecule has 4 nitrogen and oxygen atoms in total. The summed E-state index contributed by atoms with van der Waals surface area (Å²) in [5.74, 6) is -0.164. The van der Waals surface area contributed by atoms with Gasteiger partial charge in [-0.15, -0.1) is 11.8 Å². The first-order valence-electron chi connectivity index (χ1n) is 9.96. The van der Waals surface area contributed by atoms with Crippen molar-refractivity contribution in [3.05, 3.63) is 89.5 Å². The van der Waals surface area contributed by atoms with Gasteiger partial charge in [-0.3, -0.25) is 9.59 Å². The summed E-state index contributed by atoms with van der Waals surface area (Å²) in [6.45, 7) is 5.58. The van der Waals surface area contributed by atoms with E-state index in [-0.39, 0.29) is 11.8 Å². The van der Waals surface area contributed by atoms with Gasteiger partial charge in [0.25, 0.3) is 0 Å². The molecule has 1 atom stereocenters. The summed E-state index contributed by atoms with van der Waals surface area (Å²) < 4.78 is 0. The maximum Gasteiger partial charge on any atom is 0.242 e. The van der Waals surface area contributed by atoms with E-state index in [9.17, 15) is 9.59 Å². The molecule has 3 aromatic carbocycles. The fourth-order valence-electron chi connectivity index (χ4n) is 3.25. The molecule has 30 heavy (non-hydrogen) atoms. The lowest BCUT2D eigenvalue weighted by molar-refractivity contribution is -0.116. The first kappa shape index (κ1) is 21.7. The van der Waals surface area contributed by atoms with Gasteiger partial charge in [0.05, 0.1) is 0 Å². The van der Waals surface area contributed by atoms with E-state index in [1.54, 1.807) is 0 Å². The zero-order chi connectivity index (χ0) is 21.5. The smallest absolute Gasteiger partial charge is 0.242 e. The van der Waals surface area contributed by atoms with Gasteiger partial charge >= 0.3 is 0 Å². The average molecular weight is 419 g/mol. The van der Waals surface area contributed by atoms with E-state index in [0.29, 0.717) is 0 Å². The summed E-state index contributed by atoms with van der Waals surface area (Å²) in [7, 11) is 0. The van der Waals surface area contributed by atoms with Crippen molar-refractivity contribution < 1.29 is 9.59 Å². The average Bonchev–Trinajstić information content (AvgIpc) is 2.74. The van der Waals surface area contributed by atoms with Gasteiger partial charge in [0, 0.05) is 23.2 Å². The van der Waals surface area contributed by atoms with E-state index in [0.717, 1.165) is 39.4 Å². The number of para-hydroxylation sites is 1. The zero-order valence-electron chi connectivity index (χ0n) is 17.4. The van der Waals surface area contributed by atoms with Crippen LogP contribution in [0.4, 0.5) is 11.4 Å². The highest BCUT2D eigenvalue weighted by Gasteiger charge is 2.23. The molecule has 0 bridgehead atoms. The van der Waals surface area contributed by atoms with Crippen LogP contribution >= 0.6 is 11.8 Å². The largest absolute Gasteiger partial charge is 0.326 e. The molecule has 2 N–H and O–H groups in total. The number of hydrogen-bond donors (Lipinski definition) is 2. The number of nitrogens with one attached hydrogen (secondary N) is 2. The van der Waals surface area contributed by atoms with E-state index in [2.05, 4.69) is 17.6 Å². The van der Waals surface area contributed by atoms with Crippen LogP contribution in [-0.4, -0.2) is 11.8 Å². The topological polar surface area (TPSA) is 58.2 Å². The highest BCUT2D eigenvalue weighted by atomic mass is 32.2. The molecule has 3 rings (SSSR count). The molecule has 0 saturated carbocycles. The van der Waals surface area contributed by atoms with Gasteiger partial charge in [0.2, 0.25) is 11.8 Å². The Morgan fingerprint density at radius 2 is 1.60 bits per heavy atom. The first-order chi connectivity index (χ1) is 14.5. The second kappa shape index (κ2) is 10.1. The second-order valence-electron chi connectivity index (χ2n) is 7.07. The zero-order valence-corrected chi connectivity index (χ0v) is 18.3. The standard InChI is InChI=1S/C25H26N2O2S/c1-4-19-12-8-9-17(2)23(19)27-25(29)24(20-10-6-5-7-11-20)30-22-15-13-21(14-16-22)26-18(3)28/h5-16,24H,4H2,1-3H3,(H,26,28)(H,27,29). The van der Waals surface area contributed by atoms with Crippen molar-refractivity contribution >= 4 is 35.0 Å². The number of anilines is 2. The number of amides is 2. The predicted molar refractivity (Wildman–Crippen MR) is 125 cm³/mol. The molecular formula is C25H26N2O2S. The fraction of sp³-hybridized carbons (Fsp3) is 0.200. The van der Waals surface area contributed by atoms with Crippen molar-refractivity contribution in [1.29, 1.82) is 0 Å². The van der Waals surface area contributed by atoms with Crippen LogP contribution in [0.5, 0.6) is 0 Å². The summed E-state index contributed by atoms with van der Waals surface area (Å²) in [5.41, 5.74) is 4.75. The van der Waals surface area contributed by atoms with Crippen molar-refractivity contribution in [3.63, 3.8) is 0 Å². The van der Waals surface area contributed by atoms with Crippen LogP contribution in [0.25, 0.3) is 0 Å². The fourth-order valence-corrected chi connectivity index (χ4v) is 4.27. The third-order valence-electron chi connectivity index (χ3n) is 4.76. The Balaban J connectivity index is 1.86. The van der Waals surface area contributed by atoms with Crippen LogP contribution < -0.4 is 10.6 Å². The Kier molecular flexibility index (Phi) is 7.31. The molecule has 0 aliphatic heterocycles. The molecule has 0 aliphatic carbocycles. The Bertz CT molecular complexity index is 1020. The SMILES string of the molecule is CCc1cccc(C)c1NC(=O)C(Sc1ccc(NC(C)=O)cc1)c1ccccc1. The van der Waals surface area contributed by atoms with Gasteiger partial charge in [-0.05, 0) is 54.3 Å². The molecular weight excluding hydrogens is 392 g/mol. The van der Waals surface area contributed by atoms with E-state index >= 15 is 0 Å². The van der Waals surface area contributed by atoms with Gasteiger partial charge in [0.1, 0.15) is 5.25 Å². The molecule has 0 radical (unpaired) electrons. The minimum absolute atomic E-state index is 0.0545. The molecule has 154 valence electrons. The van der Waals surface area contributed by atoms with Crippen molar-refractivity contribution in [2.24, 2.45) is 0 Å². The summed E-state index contributed by atoms with van der Waals surface area (Å²) in [4.78, 5) is 25.5. The van der Waals surface area contributed by atoms with Crippen LogP contribution in [0.15, 0.2) is 77.7 Å². The lowest BCUT2D eigenvalue weighted by atomic mass is 10.1. The number of aryl methyl sites for hydroxylation is 2. The number of thioether (sulfide) groups is 1. The van der Waals surface area contributed by atoms with Crippen molar-refractivity contribution in [2.75, 3.05) is 10.6 Å². The monoisotopic (exact) mass is 418 g/mol. The minimum Gasteiger partial charge on any atom is -0.326 e. The van der Waals surface area contributed by atoms with Gasteiger partial charge in [-0.25, -0.2) is 0 Å². The molecule has 5 heteroatoms. The summed E-state index contributed by atoms with van der Waals surface area (Å²) in [6, 6.07) is 23.4. The summed E-state index contributed by atoms with van der Waals surface area (Å²) >= 11 is 1.49. The third-order valence-corrected chi connectivity index (χ3v) is 6.02. The molecule has 0 saturated heterocycles. The summed E-state index contributed by atoms with van der Waals surface area (Å²) in [6.07, 6.45) is 0.852. The second-order valence-corrected chi connectivity index (χ2v) is 8.24. The number of benzene rings is 3. The summed E-state index contributed by atoms with van der Waals surface area (Å²) in [5, 5.41) is 5.53. The minimum atomic E-state index is -0.401. The van der Waals surface area contributed by atoms with E-state index in [1.807, 2.05) is 79.7 Å². The van der Waals surface area contributed by atoms with Gasteiger partial charge in [0.15, 0.2) is 0 Å². The molecule has 0 fully saturated rings. The molecule has 0 spiro atoms. The number of rotatable bonds is 7. The number of hydrogen-bond acceptors (Lipinski definition) is 3. The van der Waals surface area contributed by atoms with Gasteiger partial charge in [-0.2, -0.15) is 0 Å². The van der Waals surface area contributed by atoms with Crippen molar-refractivity contribution in [1.82, 2.24) is 0 Å². The molecule has 1 unspecified atom stereocenters. The molecule has 2 amide bonds. The van der Waals surface area contributed by atoms with E-state index < -0.39 is 5.25 Å². The lowest BCUT2D eigenvalue weighted by Crippen LogP contribution is -2.20. The van der Waals surface area contributed by atoms with E-state index in [4.69, 9.17) is 0 Å². The van der Waals surface area contributed by atoms with Crippen molar-refractivity contribution in [2.45, 2.75) is 37.3 Å². The lowest BCUT2D eigenvalue weighted by Gasteiger charge is -2.20. The maximum atomic E-state index is 13.4. The maximum absolute atomic E-state index is 13.4. The highest BCUT2D eigenvalue weighted by molar-refractivity contribution is 8.00. The van der Waals surface area contributed by atoms with Crippen LogP contribution in [0, 0.1) is 6.92 Å². The van der Waals surface area contributed by atoms with Crippen LogP contribution in [0.1, 0.15) is 35.8 Å². The quantitative estimate of drug-likeness (QED) is 0.464. The normalized spacial score (nSPS) is 11.6. The van der Waals surface area contributed by atoms with Crippen LogP contribution in [0.2, 0.25) is 0 Å². The molecule has 3 aromatic rings. The third kappa shape index (κ3) is 5.51. The Labute approximate surface area is 182 Å². The molecule has 0 aliphatic rings. The number of carbonyl (C=O) groups is 2. The Hall–Kier alpha value is -3.05. The van der Waals surface area contributed by atoms with E-state index in [1.165, 1.54) is 18.7 Å². The predicted octanol–water partition coefficient (Wildman–Crippen LogP) is 5.99. The van der Waals surface area contributed by atoms with Crippen LogP contribution in [-0.2, 0) is 16.0 Å². The Morgan fingerprint density at radius 1 is 0.900 bits per heavy atom. The molecule has 0 heterocycles. The number of carbonyl (C=O) groups excluding carboxylic acids is 2. The van der Waals surface area contributed by atoms with Crippen LogP contribution in [0.3, 0.4) is 0 Å². The van der Waals surface area contributed by atoms with Gasteiger partial charge in [-0.1, -0.05) is 55.5 Å².